The second-order valence-corrected chi connectivity index (χ2v) is 8.93. The highest BCUT2D eigenvalue weighted by molar-refractivity contribution is 5.94. The molecule has 4 rings (SSSR count). The van der Waals surface area contributed by atoms with Gasteiger partial charge >= 0.3 is 0 Å². The average Bonchev–Trinajstić information content (AvgIpc) is 3.16. The van der Waals surface area contributed by atoms with E-state index in [-0.39, 0.29) is 17.6 Å². The van der Waals surface area contributed by atoms with Crippen molar-refractivity contribution in [3.05, 3.63) is 59.9 Å². The van der Waals surface area contributed by atoms with E-state index in [1.54, 1.807) is 18.2 Å². The van der Waals surface area contributed by atoms with Crippen LogP contribution in [0.2, 0.25) is 0 Å². The number of nitrogens with zero attached hydrogens (tertiary/aromatic N) is 2. The lowest BCUT2D eigenvalue weighted by atomic mass is 9.85. The predicted molar refractivity (Wildman–Crippen MR) is 129 cm³/mol. The van der Waals surface area contributed by atoms with Crippen molar-refractivity contribution in [2.75, 3.05) is 44.4 Å². The molecule has 0 bridgehead atoms. The standard InChI is InChI=1S/C26H33FN4O3/c1-2-3-17-34-23-9-7-20(8-10-23)24(32)28-13-16-30-14-11-26(12-15-30)25(33)29-19-31(26)22-6-4-5-21(27)18-22/h4-10,18H,2-3,11-17,19H2,1H3,(H,28,32)(H,29,33). The zero-order valence-corrected chi connectivity index (χ0v) is 19.7. The Morgan fingerprint density at radius 1 is 1.18 bits per heavy atom. The summed E-state index contributed by atoms with van der Waals surface area (Å²) in [5.74, 6) is 0.363. The molecule has 2 saturated heterocycles. The van der Waals surface area contributed by atoms with Crippen LogP contribution in [0.4, 0.5) is 10.1 Å². The minimum absolute atomic E-state index is 0.00633. The maximum Gasteiger partial charge on any atom is 0.251 e. The van der Waals surface area contributed by atoms with Gasteiger partial charge in [-0.2, -0.15) is 0 Å². The Bertz CT molecular complexity index is 990. The van der Waals surface area contributed by atoms with Gasteiger partial charge in [0.2, 0.25) is 5.91 Å². The fraction of sp³-hybridized carbons (Fsp3) is 0.462. The van der Waals surface area contributed by atoms with Crippen molar-refractivity contribution < 1.29 is 18.7 Å². The van der Waals surface area contributed by atoms with Crippen LogP contribution in [0.15, 0.2) is 48.5 Å². The number of halogens is 1. The number of nitrogens with one attached hydrogen (secondary N) is 2. The molecule has 2 aromatic carbocycles. The van der Waals surface area contributed by atoms with Gasteiger partial charge in [-0.15, -0.1) is 0 Å². The molecule has 2 N–H and O–H groups in total. The molecular weight excluding hydrogens is 435 g/mol. The smallest absolute Gasteiger partial charge is 0.251 e. The molecule has 0 saturated carbocycles. The second-order valence-electron chi connectivity index (χ2n) is 8.93. The van der Waals surface area contributed by atoms with Crippen molar-refractivity contribution in [1.82, 2.24) is 15.5 Å². The molecule has 182 valence electrons. The summed E-state index contributed by atoms with van der Waals surface area (Å²) >= 11 is 0. The number of benzene rings is 2. The Labute approximate surface area is 200 Å². The highest BCUT2D eigenvalue weighted by Crippen LogP contribution is 2.36. The zero-order valence-electron chi connectivity index (χ0n) is 19.7. The number of carbonyl (C=O) groups excluding carboxylic acids is 2. The van der Waals surface area contributed by atoms with Crippen LogP contribution in [0, 0.1) is 5.82 Å². The van der Waals surface area contributed by atoms with E-state index in [9.17, 15) is 14.0 Å². The van der Waals surface area contributed by atoms with Gasteiger partial charge in [0, 0.05) is 37.4 Å². The van der Waals surface area contributed by atoms with Crippen LogP contribution < -0.4 is 20.3 Å². The number of carbonyl (C=O) groups is 2. The molecule has 0 aromatic heterocycles. The SMILES string of the molecule is CCCCOc1ccc(C(=O)NCCN2CCC3(CC2)C(=O)NCN3c2cccc(F)c2)cc1. The Hall–Kier alpha value is -3.13. The molecule has 0 atom stereocenters. The summed E-state index contributed by atoms with van der Waals surface area (Å²) in [4.78, 5) is 29.5. The van der Waals surface area contributed by atoms with Crippen LogP contribution in [0.25, 0.3) is 0 Å². The number of ether oxygens (including phenoxy) is 1. The van der Waals surface area contributed by atoms with Gasteiger partial charge in [-0.05, 0) is 61.7 Å². The van der Waals surface area contributed by atoms with E-state index in [0.717, 1.165) is 37.4 Å². The second kappa shape index (κ2) is 10.9. The summed E-state index contributed by atoms with van der Waals surface area (Å²) < 4.78 is 19.4. The topological polar surface area (TPSA) is 73.9 Å². The van der Waals surface area contributed by atoms with Crippen molar-refractivity contribution in [3.63, 3.8) is 0 Å². The summed E-state index contributed by atoms with van der Waals surface area (Å²) in [6, 6.07) is 13.6. The predicted octanol–water partition coefficient (Wildman–Crippen LogP) is 3.16. The number of piperidine rings is 1. The largest absolute Gasteiger partial charge is 0.494 e. The molecule has 2 heterocycles. The molecule has 2 aliphatic heterocycles. The minimum Gasteiger partial charge on any atom is -0.494 e. The minimum atomic E-state index is -0.644. The molecule has 2 fully saturated rings. The van der Waals surface area contributed by atoms with E-state index in [4.69, 9.17) is 4.74 Å². The van der Waals surface area contributed by atoms with Crippen molar-refractivity contribution >= 4 is 17.5 Å². The number of hydrogen-bond acceptors (Lipinski definition) is 5. The normalized spacial score (nSPS) is 17.6. The van der Waals surface area contributed by atoms with Crippen LogP contribution >= 0.6 is 0 Å². The number of anilines is 1. The molecule has 0 radical (unpaired) electrons. The molecule has 0 unspecified atom stereocenters. The molecule has 7 nitrogen and oxygen atoms in total. The van der Waals surface area contributed by atoms with Crippen LogP contribution in [0.5, 0.6) is 5.75 Å². The van der Waals surface area contributed by atoms with Crippen molar-refractivity contribution in [2.45, 2.75) is 38.1 Å². The monoisotopic (exact) mass is 468 g/mol. The van der Waals surface area contributed by atoms with E-state index >= 15 is 0 Å². The summed E-state index contributed by atoms with van der Waals surface area (Å²) in [6.07, 6.45) is 3.40. The molecule has 8 heteroatoms. The maximum atomic E-state index is 13.8. The third-order valence-corrected chi connectivity index (χ3v) is 6.74. The van der Waals surface area contributed by atoms with Gasteiger partial charge < -0.3 is 25.2 Å². The highest BCUT2D eigenvalue weighted by Gasteiger charge is 2.50. The van der Waals surface area contributed by atoms with Crippen LogP contribution in [-0.4, -0.2) is 61.7 Å². The van der Waals surface area contributed by atoms with Crippen LogP contribution in [0.3, 0.4) is 0 Å². The third-order valence-electron chi connectivity index (χ3n) is 6.74. The first-order valence-corrected chi connectivity index (χ1v) is 12.1. The van der Waals surface area contributed by atoms with E-state index in [1.165, 1.54) is 12.1 Å². The number of hydrogen-bond donors (Lipinski definition) is 2. The van der Waals surface area contributed by atoms with E-state index in [0.29, 0.717) is 44.8 Å². The highest BCUT2D eigenvalue weighted by atomic mass is 19.1. The number of unbranched alkanes of at least 4 members (excludes halogenated alkanes) is 1. The lowest BCUT2D eigenvalue weighted by Gasteiger charge is -2.43. The molecule has 1 spiro atoms. The lowest BCUT2D eigenvalue weighted by molar-refractivity contribution is -0.125. The zero-order chi connectivity index (χ0) is 24.0. The Kier molecular flexibility index (Phi) is 7.67. The molecule has 34 heavy (non-hydrogen) atoms. The van der Waals surface area contributed by atoms with Crippen molar-refractivity contribution in [1.29, 1.82) is 0 Å². The average molecular weight is 469 g/mol. The number of likely N-dealkylation sites (tertiary alicyclic amines) is 1. The fourth-order valence-corrected chi connectivity index (χ4v) is 4.68. The van der Waals surface area contributed by atoms with Gasteiger partial charge in [0.05, 0.1) is 13.3 Å². The Morgan fingerprint density at radius 2 is 1.94 bits per heavy atom. The molecule has 0 aliphatic carbocycles. The lowest BCUT2D eigenvalue weighted by Crippen LogP contribution is -2.57. The van der Waals surface area contributed by atoms with E-state index in [2.05, 4.69) is 22.5 Å². The van der Waals surface area contributed by atoms with Gasteiger partial charge in [0.1, 0.15) is 17.1 Å². The fourth-order valence-electron chi connectivity index (χ4n) is 4.68. The van der Waals surface area contributed by atoms with E-state index in [1.807, 2.05) is 23.1 Å². The Balaban J connectivity index is 1.25. The third kappa shape index (κ3) is 5.33. The summed E-state index contributed by atoms with van der Waals surface area (Å²) in [5.41, 5.74) is 0.684. The summed E-state index contributed by atoms with van der Waals surface area (Å²) in [6.45, 7) is 5.90. The first-order valence-electron chi connectivity index (χ1n) is 12.1. The van der Waals surface area contributed by atoms with E-state index < -0.39 is 5.54 Å². The molecule has 2 aliphatic rings. The first-order chi connectivity index (χ1) is 16.5. The van der Waals surface area contributed by atoms with Gasteiger partial charge in [0.25, 0.3) is 5.91 Å². The summed E-state index contributed by atoms with van der Waals surface area (Å²) in [5, 5.41) is 5.91. The van der Waals surface area contributed by atoms with Gasteiger partial charge in [0.15, 0.2) is 0 Å². The summed E-state index contributed by atoms with van der Waals surface area (Å²) in [7, 11) is 0. The van der Waals surface area contributed by atoms with Gasteiger partial charge in [-0.3, -0.25) is 9.59 Å². The van der Waals surface area contributed by atoms with Crippen LogP contribution in [-0.2, 0) is 4.79 Å². The van der Waals surface area contributed by atoms with Crippen molar-refractivity contribution in [2.24, 2.45) is 0 Å². The van der Waals surface area contributed by atoms with Gasteiger partial charge in [-0.1, -0.05) is 19.4 Å². The van der Waals surface area contributed by atoms with Crippen LogP contribution in [0.1, 0.15) is 43.0 Å². The number of rotatable bonds is 9. The molecule has 2 aromatic rings. The Morgan fingerprint density at radius 3 is 2.65 bits per heavy atom. The number of amides is 2. The first kappa shape index (κ1) is 24.0. The van der Waals surface area contributed by atoms with Gasteiger partial charge in [-0.25, -0.2) is 4.39 Å². The quantitative estimate of drug-likeness (QED) is 0.553. The molecular formula is C26H33FN4O3. The van der Waals surface area contributed by atoms with Crippen molar-refractivity contribution in [3.8, 4) is 5.75 Å². The molecule has 2 amide bonds. The maximum absolute atomic E-state index is 13.8.